The Hall–Kier alpha value is -2.99. The number of carbonyl (C=O) groups is 2. The van der Waals surface area contributed by atoms with Crippen LogP contribution in [-0.4, -0.2) is 23.8 Å². The average molecular weight is 395 g/mol. The van der Waals surface area contributed by atoms with E-state index in [9.17, 15) is 14.0 Å². The van der Waals surface area contributed by atoms with E-state index in [0.717, 1.165) is 5.56 Å². The normalized spacial score (nSPS) is 11.6. The second-order valence-electron chi connectivity index (χ2n) is 6.01. The Balaban J connectivity index is 1.92. The number of aromatic nitrogens is 1. The van der Waals surface area contributed by atoms with Gasteiger partial charge in [0.15, 0.2) is 5.78 Å². The van der Waals surface area contributed by atoms with Crippen molar-refractivity contribution in [2.45, 2.75) is 16.6 Å². The van der Waals surface area contributed by atoms with Crippen molar-refractivity contribution in [1.82, 2.24) is 4.98 Å². The molecule has 0 amide bonds. The van der Waals surface area contributed by atoms with E-state index in [1.54, 1.807) is 42.6 Å². The molecule has 3 rings (SSSR count). The summed E-state index contributed by atoms with van der Waals surface area (Å²) in [4.78, 5) is 29.5. The number of rotatable bonds is 7. The molecule has 0 aliphatic carbocycles. The van der Waals surface area contributed by atoms with Gasteiger partial charge < -0.3 is 4.74 Å². The molecular weight excluding hydrogens is 377 g/mol. The number of nitrogens with zero attached hydrogens (tertiary/aromatic N) is 1. The van der Waals surface area contributed by atoms with Crippen molar-refractivity contribution in [3.05, 3.63) is 95.6 Å². The Morgan fingerprint density at radius 3 is 2.50 bits per heavy atom. The molecular formula is C22H18FNO3S. The smallest absolute Gasteiger partial charge is 0.338 e. The van der Waals surface area contributed by atoms with Gasteiger partial charge in [-0.1, -0.05) is 24.3 Å². The summed E-state index contributed by atoms with van der Waals surface area (Å²) in [5.74, 6) is -0.869. The van der Waals surface area contributed by atoms with Gasteiger partial charge in [0.05, 0.1) is 12.7 Å². The van der Waals surface area contributed by atoms with E-state index in [1.807, 2.05) is 12.1 Å². The highest BCUT2D eigenvalue weighted by atomic mass is 32.2. The fraction of sp³-hybridized carbons (Fsp3) is 0.136. The minimum atomic E-state index is -0.445. The van der Waals surface area contributed by atoms with E-state index < -0.39 is 5.97 Å². The lowest BCUT2D eigenvalue weighted by atomic mass is 10.0. The van der Waals surface area contributed by atoms with Crippen LogP contribution in [0.2, 0.25) is 0 Å². The fourth-order valence-corrected chi connectivity index (χ4v) is 3.99. The molecule has 28 heavy (non-hydrogen) atoms. The first-order chi connectivity index (χ1) is 13.6. The number of esters is 1. The first-order valence-corrected chi connectivity index (χ1v) is 9.49. The van der Waals surface area contributed by atoms with E-state index >= 15 is 0 Å². The van der Waals surface area contributed by atoms with Crippen molar-refractivity contribution >= 4 is 23.5 Å². The molecule has 0 spiro atoms. The lowest BCUT2D eigenvalue weighted by Crippen LogP contribution is -2.08. The van der Waals surface area contributed by atoms with Gasteiger partial charge in [-0.25, -0.2) is 9.18 Å². The van der Waals surface area contributed by atoms with E-state index in [2.05, 4.69) is 4.98 Å². The average Bonchev–Trinajstić information content (AvgIpc) is 2.74. The van der Waals surface area contributed by atoms with Crippen LogP contribution in [-0.2, 0) is 4.74 Å². The van der Waals surface area contributed by atoms with Crippen LogP contribution in [0.3, 0.4) is 0 Å². The molecule has 0 aliphatic rings. The summed E-state index contributed by atoms with van der Waals surface area (Å²) in [6, 6.07) is 16.5. The summed E-state index contributed by atoms with van der Waals surface area (Å²) in [6.07, 6.45) is 3.31. The standard InChI is InChI=1S/C22H18FNO3S/c1-27-22(26)18-6-2-3-7-20(18)28-21(15-8-10-17(23)11-9-15)13-19(25)16-5-4-12-24-14-16/h2-12,14,21H,13H2,1H3/t21-/m0/s1. The number of hydrogen-bond acceptors (Lipinski definition) is 5. The maximum atomic E-state index is 13.4. The molecule has 0 fully saturated rings. The van der Waals surface area contributed by atoms with Gasteiger partial charge in [-0.15, -0.1) is 11.8 Å². The molecule has 3 aromatic rings. The summed E-state index contributed by atoms with van der Waals surface area (Å²) in [5.41, 5.74) is 1.73. The van der Waals surface area contributed by atoms with Crippen LogP contribution in [0.4, 0.5) is 4.39 Å². The lowest BCUT2D eigenvalue weighted by Gasteiger charge is -2.18. The number of Topliss-reactive ketones (excluding diaryl/α,β-unsaturated/α-hetero) is 1. The third kappa shape index (κ3) is 4.84. The molecule has 0 radical (unpaired) electrons. The maximum Gasteiger partial charge on any atom is 0.338 e. The molecule has 0 saturated carbocycles. The highest BCUT2D eigenvalue weighted by molar-refractivity contribution is 7.99. The Bertz CT molecular complexity index is 961. The van der Waals surface area contributed by atoms with Gasteiger partial charge in [0.1, 0.15) is 5.82 Å². The molecule has 4 nitrogen and oxygen atoms in total. The van der Waals surface area contributed by atoms with Crippen LogP contribution in [0, 0.1) is 5.82 Å². The predicted octanol–water partition coefficient (Wildman–Crippen LogP) is 5.11. The van der Waals surface area contributed by atoms with Crippen LogP contribution < -0.4 is 0 Å². The molecule has 0 unspecified atom stereocenters. The van der Waals surface area contributed by atoms with Crippen LogP contribution in [0.15, 0.2) is 78.0 Å². The largest absolute Gasteiger partial charge is 0.465 e. The summed E-state index contributed by atoms with van der Waals surface area (Å²) >= 11 is 1.38. The van der Waals surface area contributed by atoms with Crippen molar-refractivity contribution < 1.29 is 18.7 Å². The number of methoxy groups -OCH3 is 1. The molecule has 0 bridgehead atoms. The van der Waals surface area contributed by atoms with Gasteiger partial charge in [-0.05, 0) is 42.0 Å². The molecule has 1 heterocycles. The Morgan fingerprint density at radius 2 is 1.82 bits per heavy atom. The van der Waals surface area contributed by atoms with Gasteiger partial charge in [-0.3, -0.25) is 9.78 Å². The van der Waals surface area contributed by atoms with E-state index in [0.29, 0.717) is 16.0 Å². The Labute approximate surface area is 166 Å². The number of benzene rings is 2. The molecule has 142 valence electrons. The maximum absolute atomic E-state index is 13.4. The molecule has 0 aliphatic heterocycles. The van der Waals surface area contributed by atoms with E-state index in [-0.39, 0.29) is 23.3 Å². The van der Waals surface area contributed by atoms with E-state index in [4.69, 9.17) is 4.74 Å². The third-order valence-corrected chi connectivity index (χ3v) is 5.49. The zero-order valence-electron chi connectivity index (χ0n) is 15.2. The number of carbonyl (C=O) groups excluding carboxylic acids is 2. The first kappa shape index (κ1) is 19.8. The number of pyridine rings is 1. The van der Waals surface area contributed by atoms with Crippen molar-refractivity contribution in [2.24, 2.45) is 0 Å². The van der Waals surface area contributed by atoms with Crippen molar-refractivity contribution in [3.63, 3.8) is 0 Å². The minimum Gasteiger partial charge on any atom is -0.465 e. The highest BCUT2D eigenvalue weighted by Crippen LogP contribution is 2.40. The number of hydrogen-bond donors (Lipinski definition) is 0. The minimum absolute atomic E-state index is 0.0783. The molecule has 0 N–H and O–H groups in total. The van der Waals surface area contributed by atoms with Gasteiger partial charge in [0.25, 0.3) is 0 Å². The number of halogens is 1. The highest BCUT2D eigenvalue weighted by Gasteiger charge is 2.22. The van der Waals surface area contributed by atoms with Crippen LogP contribution in [0.5, 0.6) is 0 Å². The van der Waals surface area contributed by atoms with Gasteiger partial charge >= 0.3 is 5.97 Å². The topological polar surface area (TPSA) is 56.3 Å². The van der Waals surface area contributed by atoms with Gasteiger partial charge in [0, 0.05) is 34.5 Å². The van der Waals surface area contributed by atoms with Crippen molar-refractivity contribution in [1.29, 1.82) is 0 Å². The predicted molar refractivity (Wildman–Crippen MR) is 106 cm³/mol. The monoisotopic (exact) mass is 395 g/mol. The molecule has 0 saturated heterocycles. The third-order valence-electron chi connectivity index (χ3n) is 4.16. The number of ether oxygens (including phenoxy) is 1. The van der Waals surface area contributed by atoms with Gasteiger partial charge in [-0.2, -0.15) is 0 Å². The summed E-state index contributed by atoms with van der Waals surface area (Å²) in [7, 11) is 1.33. The lowest BCUT2D eigenvalue weighted by molar-refractivity contribution is 0.0596. The van der Waals surface area contributed by atoms with Crippen LogP contribution >= 0.6 is 11.8 Å². The van der Waals surface area contributed by atoms with Crippen molar-refractivity contribution in [2.75, 3.05) is 7.11 Å². The zero-order valence-corrected chi connectivity index (χ0v) is 16.0. The van der Waals surface area contributed by atoms with Gasteiger partial charge in [0.2, 0.25) is 0 Å². The Kier molecular flexibility index (Phi) is 6.55. The quantitative estimate of drug-likeness (QED) is 0.316. The van der Waals surface area contributed by atoms with Crippen LogP contribution in [0.1, 0.15) is 38.0 Å². The second kappa shape index (κ2) is 9.28. The fourth-order valence-electron chi connectivity index (χ4n) is 2.72. The zero-order chi connectivity index (χ0) is 19.9. The van der Waals surface area contributed by atoms with Crippen molar-refractivity contribution in [3.8, 4) is 0 Å². The SMILES string of the molecule is COC(=O)c1ccccc1S[C@@H](CC(=O)c1cccnc1)c1ccc(F)cc1. The van der Waals surface area contributed by atoms with E-state index in [1.165, 1.54) is 37.2 Å². The number of thioether (sulfide) groups is 1. The molecule has 2 aromatic carbocycles. The number of ketones is 1. The Morgan fingerprint density at radius 1 is 1.07 bits per heavy atom. The molecule has 1 aromatic heterocycles. The summed E-state index contributed by atoms with van der Waals surface area (Å²) in [6.45, 7) is 0. The van der Waals surface area contributed by atoms with Crippen LogP contribution in [0.25, 0.3) is 0 Å². The molecule has 1 atom stereocenters. The molecule has 6 heteroatoms. The summed E-state index contributed by atoms with van der Waals surface area (Å²) in [5, 5.41) is -0.306. The first-order valence-electron chi connectivity index (χ1n) is 8.61. The summed E-state index contributed by atoms with van der Waals surface area (Å²) < 4.78 is 18.2. The second-order valence-corrected chi connectivity index (χ2v) is 7.26.